The predicted octanol–water partition coefficient (Wildman–Crippen LogP) is 3.97. The molecule has 0 fully saturated rings. The van der Waals surface area contributed by atoms with E-state index in [4.69, 9.17) is 11.6 Å². The van der Waals surface area contributed by atoms with Crippen molar-refractivity contribution in [1.29, 1.82) is 0 Å². The molecule has 0 unspecified atom stereocenters. The Hall–Kier alpha value is -2.65. The van der Waals surface area contributed by atoms with Crippen LogP contribution in [0.1, 0.15) is 38.7 Å². The Morgan fingerprint density at radius 3 is 2.29 bits per heavy atom. The number of halogens is 2. The van der Waals surface area contributed by atoms with Gasteiger partial charge in [-0.1, -0.05) is 56.1 Å². The number of benzene rings is 2. The second kappa shape index (κ2) is 12.7. The number of nitrogens with one attached hydrogen (secondary N) is 1. The highest BCUT2D eigenvalue weighted by Gasteiger charge is 2.32. The molecule has 2 aromatic carbocycles. The molecular weight excluding hydrogens is 481 g/mol. The number of carbonyl (C=O) groups excluding carboxylic acids is 2. The summed E-state index contributed by atoms with van der Waals surface area (Å²) in [7, 11) is -3.87. The van der Waals surface area contributed by atoms with Gasteiger partial charge in [0.25, 0.3) is 0 Å². The zero-order valence-electron chi connectivity index (χ0n) is 19.6. The van der Waals surface area contributed by atoms with Gasteiger partial charge in [-0.15, -0.1) is 0 Å². The van der Waals surface area contributed by atoms with E-state index in [1.54, 1.807) is 19.1 Å². The van der Waals surface area contributed by atoms with Crippen LogP contribution in [-0.2, 0) is 26.2 Å². The van der Waals surface area contributed by atoms with Crippen LogP contribution in [0.25, 0.3) is 0 Å². The van der Waals surface area contributed by atoms with Gasteiger partial charge in [0.05, 0.1) is 17.0 Å². The van der Waals surface area contributed by atoms with E-state index in [0.29, 0.717) is 18.5 Å². The predicted molar refractivity (Wildman–Crippen MR) is 133 cm³/mol. The maximum atomic E-state index is 13.5. The van der Waals surface area contributed by atoms with Gasteiger partial charge < -0.3 is 10.2 Å². The van der Waals surface area contributed by atoms with Crippen molar-refractivity contribution < 1.29 is 22.4 Å². The first-order valence-electron chi connectivity index (χ1n) is 11.1. The third kappa shape index (κ3) is 7.70. The minimum atomic E-state index is -3.87. The molecule has 0 aliphatic heterocycles. The summed E-state index contributed by atoms with van der Waals surface area (Å²) in [5, 5.41) is 3.02. The minimum Gasteiger partial charge on any atom is -0.354 e. The van der Waals surface area contributed by atoms with E-state index in [1.165, 1.54) is 41.3 Å². The summed E-state index contributed by atoms with van der Waals surface area (Å²) in [5.41, 5.74) is 0.778. The van der Waals surface area contributed by atoms with Crippen molar-refractivity contribution in [2.75, 3.05) is 23.7 Å². The van der Waals surface area contributed by atoms with Gasteiger partial charge in [0.1, 0.15) is 18.4 Å². The Bertz CT molecular complexity index is 1080. The molecule has 0 aromatic heterocycles. The van der Waals surface area contributed by atoms with Gasteiger partial charge >= 0.3 is 0 Å². The molecule has 0 saturated heterocycles. The van der Waals surface area contributed by atoms with Gasteiger partial charge in [-0.2, -0.15) is 0 Å². The van der Waals surface area contributed by atoms with Gasteiger partial charge in [0.2, 0.25) is 21.8 Å². The van der Waals surface area contributed by atoms with E-state index in [1.807, 2.05) is 6.92 Å². The third-order valence-electron chi connectivity index (χ3n) is 5.28. The number of nitrogens with zero attached hydrogens (tertiary/aromatic N) is 2. The topological polar surface area (TPSA) is 86.8 Å². The molecule has 0 aliphatic carbocycles. The average Bonchev–Trinajstić information content (AvgIpc) is 2.78. The summed E-state index contributed by atoms with van der Waals surface area (Å²) in [6, 6.07) is 11.1. The van der Waals surface area contributed by atoms with Crippen LogP contribution in [0.2, 0.25) is 5.02 Å². The van der Waals surface area contributed by atoms with Crippen molar-refractivity contribution in [1.82, 2.24) is 10.2 Å². The van der Waals surface area contributed by atoms with Crippen molar-refractivity contribution >= 4 is 39.1 Å². The molecule has 186 valence electrons. The van der Waals surface area contributed by atoms with Crippen molar-refractivity contribution in [3.05, 3.63) is 64.9 Å². The molecule has 0 bridgehead atoms. The zero-order valence-corrected chi connectivity index (χ0v) is 21.2. The molecule has 1 N–H and O–H groups in total. The molecule has 7 nitrogen and oxygen atoms in total. The van der Waals surface area contributed by atoms with E-state index >= 15 is 0 Å². The number of rotatable bonds is 12. The highest BCUT2D eigenvalue weighted by molar-refractivity contribution is 7.92. The van der Waals surface area contributed by atoms with Gasteiger partial charge in [-0.05, 0) is 42.7 Å². The summed E-state index contributed by atoms with van der Waals surface area (Å²) < 4.78 is 39.5. The Balaban J connectivity index is 2.40. The Kier molecular flexibility index (Phi) is 10.3. The second-order valence-electron chi connectivity index (χ2n) is 7.94. The number of sulfonamides is 1. The van der Waals surface area contributed by atoms with Gasteiger partial charge in [-0.25, -0.2) is 12.8 Å². The van der Waals surface area contributed by atoms with Gasteiger partial charge in [0, 0.05) is 13.1 Å². The summed E-state index contributed by atoms with van der Waals surface area (Å²) in [6.07, 6.45) is 3.00. The Morgan fingerprint density at radius 1 is 1.09 bits per heavy atom. The van der Waals surface area contributed by atoms with Crippen LogP contribution >= 0.6 is 11.6 Å². The molecule has 0 aliphatic rings. The highest BCUT2D eigenvalue weighted by Crippen LogP contribution is 2.27. The van der Waals surface area contributed by atoms with Crippen LogP contribution in [0.3, 0.4) is 0 Å². The molecule has 0 spiro atoms. The summed E-state index contributed by atoms with van der Waals surface area (Å²) in [6.45, 7) is 3.72. The molecular formula is C24H31ClFN3O4S. The maximum absolute atomic E-state index is 13.5. The van der Waals surface area contributed by atoms with Crippen molar-refractivity contribution in [3.63, 3.8) is 0 Å². The molecule has 0 saturated carbocycles. The fraction of sp³-hybridized carbons (Fsp3) is 0.417. The second-order valence-corrected chi connectivity index (χ2v) is 10.3. The number of unbranched alkanes of at least 4 members (excludes halogenated alkanes) is 1. The molecule has 2 amide bonds. The first kappa shape index (κ1) is 27.6. The monoisotopic (exact) mass is 511 g/mol. The van der Waals surface area contributed by atoms with E-state index in [-0.39, 0.29) is 23.2 Å². The molecule has 2 aromatic rings. The normalized spacial score (nSPS) is 12.1. The van der Waals surface area contributed by atoms with Crippen molar-refractivity contribution in [3.8, 4) is 0 Å². The lowest BCUT2D eigenvalue weighted by molar-refractivity contribution is -0.140. The zero-order chi connectivity index (χ0) is 25.3. The van der Waals surface area contributed by atoms with E-state index in [9.17, 15) is 22.4 Å². The van der Waals surface area contributed by atoms with Crippen molar-refractivity contribution in [2.24, 2.45) is 0 Å². The van der Waals surface area contributed by atoms with Crippen LogP contribution in [0.4, 0.5) is 10.1 Å². The Morgan fingerprint density at radius 2 is 1.74 bits per heavy atom. The molecule has 1 atom stereocenters. The van der Waals surface area contributed by atoms with Crippen LogP contribution in [0.5, 0.6) is 0 Å². The first-order valence-corrected chi connectivity index (χ1v) is 13.3. The Labute approximate surface area is 205 Å². The van der Waals surface area contributed by atoms with Crippen LogP contribution < -0.4 is 9.62 Å². The van der Waals surface area contributed by atoms with Gasteiger partial charge in [0.15, 0.2) is 0 Å². The van der Waals surface area contributed by atoms with E-state index < -0.39 is 34.3 Å². The third-order valence-corrected chi connectivity index (χ3v) is 6.73. The van der Waals surface area contributed by atoms with E-state index in [0.717, 1.165) is 23.4 Å². The summed E-state index contributed by atoms with van der Waals surface area (Å²) in [4.78, 5) is 27.8. The average molecular weight is 512 g/mol. The largest absolute Gasteiger partial charge is 0.354 e. The van der Waals surface area contributed by atoms with Gasteiger partial charge in [-0.3, -0.25) is 13.9 Å². The summed E-state index contributed by atoms with van der Waals surface area (Å²) >= 11 is 6.21. The number of amides is 2. The lowest BCUT2D eigenvalue weighted by atomic mass is 10.1. The fourth-order valence-corrected chi connectivity index (χ4v) is 4.61. The number of carbonyl (C=O) groups is 2. The van der Waals surface area contributed by atoms with E-state index in [2.05, 4.69) is 5.32 Å². The fourth-order valence-electron chi connectivity index (χ4n) is 3.46. The van der Waals surface area contributed by atoms with Crippen molar-refractivity contribution in [2.45, 2.75) is 45.7 Å². The number of anilines is 1. The maximum Gasteiger partial charge on any atom is 0.244 e. The van der Waals surface area contributed by atoms with Crippen LogP contribution in [-0.4, -0.2) is 50.5 Å². The lowest BCUT2D eigenvalue weighted by Gasteiger charge is -2.33. The standard InChI is InChI=1S/C24H31ClFN3O4S/c1-4-6-15-27-24(31)21(5-2)28(16-18-11-13-19(26)14-12-18)23(30)17-29(34(3,32)33)22-10-8-7-9-20(22)25/h7-14,21H,4-6,15-17H2,1-3H3,(H,27,31)/t21-/m1/s1. The molecule has 2 rings (SSSR count). The summed E-state index contributed by atoms with van der Waals surface area (Å²) in [5.74, 6) is -1.32. The molecule has 34 heavy (non-hydrogen) atoms. The highest BCUT2D eigenvalue weighted by atomic mass is 35.5. The van der Waals surface area contributed by atoms with Crippen LogP contribution in [0.15, 0.2) is 48.5 Å². The molecule has 0 radical (unpaired) electrons. The lowest BCUT2D eigenvalue weighted by Crippen LogP contribution is -2.52. The number of hydrogen-bond donors (Lipinski definition) is 1. The molecule has 10 heteroatoms. The first-order chi connectivity index (χ1) is 16.1. The molecule has 0 heterocycles. The minimum absolute atomic E-state index is 0.0128. The smallest absolute Gasteiger partial charge is 0.244 e. The quantitative estimate of drug-likeness (QED) is 0.437. The number of para-hydroxylation sites is 1. The number of hydrogen-bond acceptors (Lipinski definition) is 4. The van der Waals surface area contributed by atoms with Crippen LogP contribution in [0, 0.1) is 5.82 Å². The SMILES string of the molecule is CCCCNC(=O)[C@@H](CC)N(Cc1ccc(F)cc1)C(=O)CN(c1ccccc1Cl)S(C)(=O)=O.